The number of nitrogens with one attached hydrogen (secondary N) is 1. The Bertz CT molecular complexity index is 612. The second-order valence-electron chi connectivity index (χ2n) is 4.74. The molecule has 1 amide bonds. The number of benzene rings is 1. The predicted octanol–water partition coefficient (Wildman–Crippen LogP) is 1.61. The van der Waals surface area contributed by atoms with Gasteiger partial charge in [-0.15, -0.1) is 0 Å². The molecule has 1 unspecified atom stereocenters. The summed E-state index contributed by atoms with van der Waals surface area (Å²) in [6.45, 7) is 0.511. The van der Waals surface area contributed by atoms with Crippen LogP contribution in [-0.2, 0) is 4.74 Å². The van der Waals surface area contributed by atoms with Gasteiger partial charge in [0.05, 0.1) is 12.7 Å². The number of methoxy groups -OCH3 is 1. The number of aliphatic hydroxyl groups excluding tert-OH is 1. The van der Waals surface area contributed by atoms with E-state index in [2.05, 4.69) is 10.5 Å². The van der Waals surface area contributed by atoms with E-state index in [-0.39, 0.29) is 18.1 Å². The molecular weight excluding hydrogens is 291 g/mol. The van der Waals surface area contributed by atoms with Crippen molar-refractivity contribution in [2.75, 3.05) is 20.3 Å². The Morgan fingerprint density at radius 2 is 2.18 bits per heavy atom. The summed E-state index contributed by atoms with van der Waals surface area (Å²) in [7, 11) is 1.49. The van der Waals surface area contributed by atoms with Crippen LogP contribution < -0.4 is 5.32 Å². The lowest BCUT2D eigenvalue weighted by molar-refractivity contribution is 0.0587. The number of nitrogens with zero attached hydrogens (tertiary/aromatic N) is 1. The van der Waals surface area contributed by atoms with Crippen molar-refractivity contribution < 1.29 is 23.6 Å². The molecule has 118 valence electrons. The Morgan fingerprint density at radius 3 is 2.86 bits per heavy atom. The van der Waals surface area contributed by atoms with E-state index >= 15 is 0 Å². The maximum absolute atomic E-state index is 12.9. The summed E-state index contributed by atoms with van der Waals surface area (Å²) >= 11 is 0. The molecule has 6 nitrogen and oxygen atoms in total. The van der Waals surface area contributed by atoms with Crippen LogP contribution in [0.3, 0.4) is 0 Å². The summed E-state index contributed by atoms with van der Waals surface area (Å²) in [5, 5.41) is 15.8. The zero-order valence-electron chi connectivity index (χ0n) is 12.1. The topological polar surface area (TPSA) is 84.6 Å². The monoisotopic (exact) mass is 308 g/mol. The quantitative estimate of drug-likeness (QED) is 0.812. The van der Waals surface area contributed by atoms with E-state index in [0.29, 0.717) is 24.3 Å². The average molecular weight is 308 g/mol. The van der Waals surface area contributed by atoms with Crippen LogP contribution in [-0.4, -0.2) is 42.5 Å². The van der Waals surface area contributed by atoms with Crippen LogP contribution >= 0.6 is 0 Å². The Hall–Kier alpha value is -2.25. The maximum Gasteiger partial charge on any atom is 0.273 e. The standard InChI is InChI=1S/C15H17FN2O4/c1-21-9-12(19)6-7-17-15(20)13-8-14(22-18-13)10-2-4-11(16)5-3-10/h2-5,8,12,19H,6-7,9H2,1H3,(H,17,20). The number of aromatic nitrogens is 1. The van der Waals surface area contributed by atoms with Crippen LogP contribution in [0.4, 0.5) is 4.39 Å². The highest BCUT2D eigenvalue weighted by molar-refractivity contribution is 5.93. The minimum atomic E-state index is -0.627. The van der Waals surface area contributed by atoms with Crippen LogP contribution in [0.15, 0.2) is 34.9 Å². The molecule has 22 heavy (non-hydrogen) atoms. The molecule has 1 aromatic heterocycles. The van der Waals surface area contributed by atoms with E-state index in [1.807, 2.05) is 0 Å². The summed E-state index contributed by atoms with van der Waals surface area (Å²) in [6.07, 6.45) is -0.250. The Morgan fingerprint density at radius 1 is 1.45 bits per heavy atom. The smallest absolute Gasteiger partial charge is 0.273 e. The van der Waals surface area contributed by atoms with Crippen LogP contribution in [0.2, 0.25) is 0 Å². The van der Waals surface area contributed by atoms with Gasteiger partial charge in [0.1, 0.15) is 5.82 Å². The van der Waals surface area contributed by atoms with Gasteiger partial charge in [-0.2, -0.15) is 0 Å². The number of carbonyl (C=O) groups is 1. The van der Waals surface area contributed by atoms with Gasteiger partial charge in [-0.3, -0.25) is 4.79 Å². The molecule has 0 fully saturated rings. The third kappa shape index (κ3) is 4.37. The number of ether oxygens (including phenoxy) is 1. The van der Waals surface area contributed by atoms with Crippen LogP contribution in [0.25, 0.3) is 11.3 Å². The largest absolute Gasteiger partial charge is 0.391 e. The normalized spacial score (nSPS) is 12.1. The van der Waals surface area contributed by atoms with E-state index in [0.717, 1.165) is 0 Å². The molecule has 2 N–H and O–H groups in total. The van der Waals surface area contributed by atoms with Crippen molar-refractivity contribution in [3.63, 3.8) is 0 Å². The minimum absolute atomic E-state index is 0.126. The number of hydrogen-bond donors (Lipinski definition) is 2. The van der Waals surface area contributed by atoms with Gasteiger partial charge in [-0.05, 0) is 30.7 Å². The summed E-state index contributed by atoms with van der Waals surface area (Å²) in [5.74, 6) is -0.373. The second kappa shape index (κ2) is 7.67. The fourth-order valence-corrected chi connectivity index (χ4v) is 1.85. The molecule has 1 atom stereocenters. The first-order valence-electron chi connectivity index (χ1n) is 6.78. The van der Waals surface area contributed by atoms with Crippen LogP contribution in [0.1, 0.15) is 16.9 Å². The number of aliphatic hydroxyl groups is 1. The Kier molecular flexibility index (Phi) is 5.62. The van der Waals surface area contributed by atoms with E-state index in [9.17, 15) is 14.3 Å². The SMILES string of the molecule is COCC(O)CCNC(=O)c1cc(-c2ccc(F)cc2)on1. The van der Waals surface area contributed by atoms with E-state index < -0.39 is 12.0 Å². The lowest BCUT2D eigenvalue weighted by Gasteiger charge is -2.09. The van der Waals surface area contributed by atoms with Gasteiger partial charge in [-0.25, -0.2) is 4.39 Å². The third-order valence-corrected chi connectivity index (χ3v) is 2.99. The lowest BCUT2D eigenvalue weighted by Crippen LogP contribution is -2.28. The third-order valence-electron chi connectivity index (χ3n) is 2.99. The van der Waals surface area contributed by atoms with E-state index in [1.54, 1.807) is 12.1 Å². The van der Waals surface area contributed by atoms with Crippen LogP contribution in [0.5, 0.6) is 0 Å². The highest BCUT2D eigenvalue weighted by Crippen LogP contribution is 2.20. The Balaban J connectivity index is 1.90. The molecule has 2 aromatic rings. The number of hydrogen-bond acceptors (Lipinski definition) is 5. The average Bonchev–Trinajstić information content (AvgIpc) is 2.98. The lowest BCUT2D eigenvalue weighted by atomic mass is 10.1. The molecule has 7 heteroatoms. The van der Waals surface area contributed by atoms with E-state index in [4.69, 9.17) is 9.26 Å². The summed E-state index contributed by atoms with van der Waals surface area (Å²) in [6, 6.07) is 7.16. The van der Waals surface area contributed by atoms with Crippen LogP contribution in [0, 0.1) is 5.82 Å². The first kappa shape index (κ1) is 16.1. The summed E-state index contributed by atoms with van der Waals surface area (Å²) < 4.78 is 22.7. The second-order valence-corrected chi connectivity index (χ2v) is 4.74. The van der Waals surface area contributed by atoms with Crippen molar-refractivity contribution in [1.29, 1.82) is 0 Å². The van der Waals surface area contributed by atoms with Crippen molar-refractivity contribution >= 4 is 5.91 Å². The van der Waals surface area contributed by atoms with Gasteiger partial charge in [-0.1, -0.05) is 5.16 Å². The molecule has 0 radical (unpaired) electrons. The number of amides is 1. The molecule has 0 aliphatic carbocycles. The van der Waals surface area contributed by atoms with Crippen molar-refractivity contribution in [3.05, 3.63) is 41.8 Å². The van der Waals surface area contributed by atoms with Gasteiger partial charge < -0.3 is 19.7 Å². The molecule has 0 aliphatic rings. The summed E-state index contributed by atoms with van der Waals surface area (Å²) in [4.78, 5) is 11.9. The van der Waals surface area contributed by atoms with Gasteiger partial charge in [0.2, 0.25) is 0 Å². The minimum Gasteiger partial charge on any atom is -0.391 e. The number of halogens is 1. The highest BCUT2D eigenvalue weighted by Gasteiger charge is 2.14. The molecule has 0 bridgehead atoms. The molecule has 1 aromatic carbocycles. The first-order chi connectivity index (χ1) is 10.6. The van der Waals surface area contributed by atoms with Gasteiger partial charge in [0.25, 0.3) is 5.91 Å². The fraction of sp³-hybridized carbons (Fsp3) is 0.333. The van der Waals surface area contributed by atoms with Gasteiger partial charge in [0, 0.05) is 25.3 Å². The Labute approximate surface area is 126 Å². The molecule has 1 heterocycles. The molecule has 0 spiro atoms. The zero-order chi connectivity index (χ0) is 15.9. The van der Waals surface area contributed by atoms with Gasteiger partial charge in [0.15, 0.2) is 11.5 Å². The molecule has 2 rings (SSSR count). The van der Waals surface area contributed by atoms with Gasteiger partial charge >= 0.3 is 0 Å². The number of carbonyl (C=O) groups excluding carboxylic acids is 1. The van der Waals surface area contributed by atoms with Crippen molar-refractivity contribution in [3.8, 4) is 11.3 Å². The number of rotatable bonds is 7. The van der Waals surface area contributed by atoms with Crippen molar-refractivity contribution in [2.24, 2.45) is 0 Å². The molecular formula is C15H17FN2O4. The molecule has 0 aliphatic heterocycles. The maximum atomic E-state index is 12.9. The molecule has 0 saturated carbocycles. The van der Waals surface area contributed by atoms with Crippen molar-refractivity contribution in [1.82, 2.24) is 10.5 Å². The summed E-state index contributed by atoms with van der Waals surface area (Å²) in [5.41, 5.74) is 0.754. The highest BCUT2D eigenvalue weighted by atomic mass is 19.1. The fourth-order valence-electron chi connectivity index (χ4n) is 1.85. The molecule has 0 saturated heterocycles. The van der Waals surface area contributed by atoms with Crippen molar-refractivity contribution in [2.45, 2.75) is 12.5 Å². The predicted molar refractivity (Wildman–Crippen MR) is 76.7 cm³/mol. The first-order valence-corrected chi connectivity index (χ1v) is 6.78. The zero-order valence-corrected chi connectivity index (χ0v) is 12.1. The van der Waals surface area contributed by atoms with E-state index in [1.165, 1.54) is 25.3 Å².